The summed E-state index contributed by atoms with van der Waals surface area (Å²) in [5.74, 6) is 0.466. The number of hydrogen-bond donors (Lipinski definition) is 1. The highest BCUT2D eigenvalue weighted by Crippen LogP contribution is 2.20. The first kappa shape index (κ1) is 15.7. The van der Waals surface area contributed by atoms with Gasteiger partial charge in [0.05, 0.1) is 13.2 Å². The molecule has 2 aromatic rings. The van der Waals surface area contributed by atoms with Gasteiger partial charge in [0.25, 0.3) is 5.91 Å². The minimum absolute atomic E-state index is 0.271. The predicted octanol–water partition coefficient (Wildman–Crippen LogP) is 2.53. The Labute approximate surface area is 139 Å². The highest BCUT2D eigenvalue weighted by atomic mass is 35.5. The second kappa shape index (κ2) is 6.93. The minimum atomic E-state index is -0.271. The second-order valence-electron chi connectivity index (χ2n) is 5.27. The highest BCUT2D eigenvalue weighted by molar-refractivity contribution is 6.30. The number of halogens is 1. The van der Waals surface area contributed by atoms with Crippen LogP contribution in [0.1, 0.15) is 16.1 Å². The van der Waals surface area contributed by atoms with Crippen LogP contribution in [-0.2, 0) is 4.74 Å². The van der Waals surface area contributed by atoms with Gasteiger partial charge in [-0.05, 0) is 30.7 Å². The molecule has 1 aliphatic rings. The van der Waals surface area contributed by atoms with Gasteiger partial charge in [0.15, 0.2) is 0 Å². The number of morpholine rings is 1. The quantitative estimate of drug-likeness (QED) is 0.935. The Morgan fingerprint density at radius 2 is 2.04 bits per heavy atom. The summed E-state index contributed by atoms with van der Waals surface area (Å²) in [5.41, 5.74) is 1.94. The van der Waals surface area contributed by atoms with E-state index >= 15 is 0 Å². The topological polar surface area (TPSA) is 67.4 Å². The molecule has 7 heteroatoms. The first-order valence-corrected chi connectivity index (χ1v) is 7.73. The number of nitrogens with zero attached hydrogens (tertiary/aromatic N) is 3. The van der Waals surface area contributed by atoms with E-state index in [1.165, 1.54) is 6.33 Å². The number of amides is 1. The van der Waals surface area contributed by atoms with Crippen LogP contribution in [0.2, 0.25) is 5.02 Å². The molecule has 1 fully saturated rings. The Morgan fingerprint density at radius 3 is 2.78 bits per heavy atom. The number of rotatable bonds is 3. The lowest BCUT2D eigenvalue weighted by Gasteiger charge is -2.27. The fourth-order valence-electron chi connectivity index (χ4n) is 2.39. The summed E-state index contributed by atoms with van der Waals surface area (Å²) in [7, 11) is 0. The molecular weight excluding hydrogens is 316 g/mol. The maximum absolute atomic E-state index is 12.4. The monoisotopic (exact) mass is 332 g/mol. The van der Waals surface area contributed by atoms with Gasteiger partial charge in [0.2, 0.25) is 0 Å². The van der Waals surface area contributed by atoms with E-state index in [2.05, 4.69) is 20.2 Å². The van der Waals surface area contributed by atoms with Crippen molar-refractivity contribution in [3.8, 4) is 0 Å². The van der Waals surface area contributed by atoms with Crippen LogP contribution in [0, 0.1) is 6.92 Å². The number of nitrogens with one attached hydrogen (secondary N) is 1. The molecule has 2 heterocycles. The zero-order chi connectivity index (χ0) is 16.2. The molecule has 1 aliphatic heterocycles. The van der Waals surface area contributed by atoms with Gasteiger partial charge in [0, 0.05) is 29.9 Å². The lowest BCUT2D eigenvalue weighted by Crippen LogP contribution is -2.37. The molecule has 1 aromatic heterocycles. The van der Waals surface area contributed by atoms with Crippen molar-refractivity contribution in [3.05, 3.63) is 46.9 Å². The number of ether oxygens (including phenoxy) is 1. The summed E-state index contributed by atoms with van der Waals surface area (Å²) in [6.45, 7) is 4.73. The SMILES string of the molecule is Cc1cc(Cl)ccc1NC(=O)c1cc(N2CCOCC2)ncn1. The normalized spacial score (nSPS) is 14.6. The molecule has 0 saturated carbocycles. The minimum Gasteiger partial charge on any atom is -0.378 e. The highest BCUT2D eigenvalue weighted by Gasteiger charge is 2.16. The van der Waals surface area contributed by atoms with Crippen LogP contribution in [0.15, 0.2) is 30.6 Å². The third-order valence-electron chi connectivity index (χ3n) is 3.66. The molecule has 1 aromatic carbocycles. The van der Waals surface area contributed by atoms with Gasteiger partial charge in [-0.25, -0.2) is 9.97 Å². The molecule has 120 valence electrons. The Hall–Kier alpha value is -2.18. The number of aromatic nitrogens is 2. The maximum Gasteiger partial charge on any atom is 0.274 e. The molecule has 1 N–H and O–H groups in total. The number of carbonyl (C=O) groups is 1. The lowest BCUT2D eigenvalue weighted by molar-refractivity contribution is 0.102. The fraction of sp³-hybridized carbons (Fsp3) is 0.312. The number of hydrogen-bond acceptors (Lipinski definition) is 5. The Kier molecular flexibility index (Phi) is 4.73. The Balaban J connectivity index is 1.76. The molecular formula is C16H17ClN4O2. The third-order valence-corrected chi connectivity index (χ3v) is 3.89. The summed E-state index contributed by atoms with van der Waals surface area (Å²) in [6, 6.07) is 7.02. The van der Waals surface area contributed by atoms with Crippen LogP contribution in [0.5, 0.6) is 0 Å². The summed E-state index contributed by atoms with van der Waals surface area (Å²) in [6.07, 6.45) is 1.41. The molecule has 0 atom stereocenters. The number of aryl methyl sites for hydroxylation is 1. The van der Waals surface area contributed by atoms with E-state index in [0.717, 1.165) is 24.5 Å². The predicted molar refractivity (Wildman–Crippen MR) is 89.2 cm³/mol. The van der Waals surface area contributed by atoms with Gasteiger partial charge >= 0.3 is 0 Å². The van der Waals surface area contributed by atoms with E-state index in [1.54, 1.807) is 24.3 Å². The largest absolute Gasteiger partial charge is 0.378 e. The van der Waals surface area contributed by atoms with Crippen LogP contribution in [0.25, 0.3) is 0 Å². The molecule has 6 nitrogen and oxygen atoms in total. The molecule has 0 bridgehead atoms. The summed E-state index contributed by atoms with van der Waals surface area (Å²) >= 11 is 5.93. The maximum atomic E-state index is 12.4. The van der Waals surface area contributed by atoms with Crippen LogP contribution in [0.3, 0.4) is 0 Å². The van der Waals surface area contributed by atoms with Crippen molar-refractivity contribution in [3.63, 3.8) is 0 Å². The van der Waals surface area contributed by atoms with Crippen molar-refractivity contribution < 1.29 is 9.53 Å². The smallest absolute Gasteiger partial charge is 0.274 e. The molecule has 3 rings (SSSR count). The van der Waals surface area contributed by atoms with E-state index in [-0.39, 0.29) is 5.91 Å². The molecule has 0 unspecified atom stereocenters. The standard InChI is InChI=1S/C16H17ClN4O2/c1-11-8-12(17)2-3-13(11)20-16(22)14-9-15(19-10-18-14)21-4-6-23-7-5-21/h2-3,8-10H,4-7H2,1H3,(H,20,22). The van der Waals surface area contributed by atoms with Crippen molar-refractivity contribution in [2.24, 2.45) is 0 Å². The average Bonchev–Trinajstić information content (AvgIpc) is 2.58. The van der Waals surface area contributed by atoms with Gasteiger partial charge in [-0.3, -0.25) is 4.79 Å². The van der Waals surface area contributed by atoms with Crippen LogP contribution in [-0.4, -0.2) is 42.2 Å². The number of carbonyl (C=O) groups excluding carboxylic acids is 1. The van der Waals surface area contributed by atoms with Crippen molar-refractivity contribution in [1.29, 1.82) is 0 Å². The van der Waals surface area contributed by atoms with Gasteiger partial charge in [-0.2, -0.15) is 0 Å². The van der Waals surface area contributed by atoms with E-state index in [4.69, 9.17) is 16.3 Å². The van der Waals surface area contributed by atoms with Gasteiger partial charge in [-0.1, -0.05) is 11.6 Å². The van der Waals surface area contributed by atoms with Crippen LogP contribution in [0.4, 0.5) is 11.5 Å². The van der Waals surface area contributed by atoms with Crippen LogP contribution >= 0.6 is 11.6 Å². The first-order valence-electron chi connectivity index (χ1n) is 7.36. The van der Waals surface area contributed by atoms with Gasteiger partial charge < -0.3 is 15.0 Å². The zero-order valence-electron chi connectivity index (χ0n) is 12.8. The van der Waals surface area contributed by atoms with Crippen molar-refractivity contribution >= 4 is 29.0 Å². The van der Waals surface area contributed by atoms with E-state index in [1.807, 2.05) is 6.92 Å². The summed E-state index contributed by atoms with van der Waals surface area (Å²) < 4.78 is 5.33. The van der Waals surface area contributed by atoms with Crippen molar-refractivity contribution in [2.45, 2.75) is 6.92 Å². The Morgan fingerprint density at radius 1 is 1.26 bits per heavy atom. The fourth-order valence-corrected chi connectivity index (χ4v) is 2.62. The molecule has 1 saturated heterocycles. The molecule has 0 aliphatic carbocycles. The van der Waals surface area contributed by atoms with Crippen molar-refractivity contribution in [2.75, 3.05) is 36.5 Å². The Bertz CT molecular complexity index is 717. The van der Waals surface area contributed by atoms with E-state index in [0.29, 0.717) is 29.6 Å². The summed E-state index contributed by atoms with van der Waals surface area (Å²) in [5, 5.41) is 3.49. The second-order valence-corrected chi connectivity index (χ2v) is 5.71. The van der Waals surface area contributed by atoms with Crippen molar-refractivity contribution in [1.82, 2.24) is 9.97 Å². The zero-order valence-corrected chi connectivity index (χ0v) is 13.5. The average molecular weight is 333 g/mol. The first-order chi connectivity index (χ1) is 11.1. The van der Waals surface area contributed by atoms with E-state index in [9.17, 15) is 4.79 Å². The number of anilines is 2. The van der Waals surface area contributed by atoms with Gasteiger partial charge in [0.1, 0.15) is 17.8 Å². The molecule has 23 heavy (non-hydrogen) atoms. The van der Waals surface area contributed by atoms with Gasteiger partial charge in [-0.15, -0.1) is 0 Å². The van der Waals surface area contributed by atoms with E-state index < -0.39 is 0 Å². The molecule has 1 amide bonds. The number of benzene rings is 1. The third kappa shape index (κ3) is 3.78. The summed E-state index contributed by atoms with van der Waals surface area (Å²) in [4.78, 5) is 22.8. The lowest BCUT2D eigenvalue weighted by atomic mass is 10.2. The van der Waals surface area contributed by atoms with Crippen LogP contribution < -0.4 is 10.2 Å². The molecule has 0 spiro atoms. The molecule has 0 radical (unpaired) electrons.